The van der Waals surface area contributed by atoms with Gasteiger partial charge in [-0.1, -0.05) is 31.6 Å². The van der Waals surface area contributed by atoms with Crippen molar-refractivity contribution in [2.75, 3.05) is 0 Å². The van der Waals surface area contributed by atoms with E-state index in [-0.39, 0.29) is 11.5 Å². The number of hydrogen-bond acceptors (Lipinski definition) is 2. The minimum absolute atomic E-state index is 0.0587. The van der Waals surface area contributed by atoms with Crippen LogP contribution in [0.3, 0.4) is 0 Å². The Balaban J connectivity index is 2.30. The van der Waals surface area contributed by atoms with Gasteiger partial charge in [-0.25, -0.2) is 0 Å². The lowest BCUT2D eigenvalue weighted by Gasteiger charge is -2.34. The molecule has 22 heavy (non-hydrogen) atoms. The Hall–Kier alpha value is -1.44. The third-order valence-electron chi connectivity index (χ3n) is 5.20. The second-order valence-corrected chi connectivity index (χ2v) is 7.31. The van der Waals surface area contributed by atoms with Crippen LogP contribution in [0.1, 0.15) is 81.9 Å². The van der Waals surface area contributed by atoms with Crippen molar-refractivity contribution in [3.05, 3.63) is 34.4 Å². The van der Waals surface area contributed by atoms with Gasteiger partial charge in [0, 0.05) is 5.56 Å². The molecule has 0 saturated heterocycles. The van der Waals surface area contributed by atoms with Crippen LogP contribution in [0.5, 0.6) is 11.5 Å². The van der Waals surface area contributed by atoms with Crippen molar-refractivity contribution in [2.24, 2.45) is 5.92 Å². The molecule has 0 heterocycles. The SMILES string of the molecule is CC(C)=CCCC(C)[C@@H]1CC[C@@H](C)c2c1cc(C)c(O)c2O. The lowest BCUT2D eigenvalue weighted by molar-refractivity contribution is 0.350. The third kappa shape index (κ3) is 3.31. The van der Waals surface area contributed by atoms with Crippen LogP contribution in [0.2, 0.25) is 0 Å². The van der Waals surface area contributed by atoms with Gasteiger partial charge < -0.3 is 10.2 Å². The summed E-state index contributed by atoms with van der Waals surface area (Å²) in [6.45, 7) is 10.6. The van der Waals surface area contributed by atoms with Gasteiger partial charge in [0.25, 0.3) is 0 Å². The van der Waals surface area contributed by atoms with Crippen LogP contribution < -0.4 is 0 Å². The number of rotatable bonds is 4. The quantitative estimate of drug-likeness (QED) is 0.547. The Morgan fingerprint density at radius 2 is 1.95 bits per heavy atom. The van der Waals surface area contributed by atoms with Crippen LogP contribution in [-0.4, -0.2) is 10.2 Å². The van der Waals surface area contributed by atoms with Crippen molar-refractivity contribution in [2.45, 2.75) is 72.1 Å². The zero-order chi connectivity index (χ0) is 16.4. The number of allylic oxidation sites excluding steroid dienone is 2. The van der Waals surface area contributed by atoms with Gasteiger partial charge in [-0.05, 0) is 75.3 Å². The summed E-state index contributed by atoms with van der Waals surface area (Å²) in [5, 5.41) is 20.4. The van der Waals surface area contributed by atoms with Crippen LogP contribution in [0, 0.1) is 12.8 Å². The van der Waals surface area contributed by atoms with Crippen LogP contribution in [0.25, 0.3) is 0 Å². The molecule has 2 nitrogen and oxygen atoms in total. The number of phenols is 2. The standard InChI is InChI=1S/C20H30O2/c1-12(2)7-6-8-13(3)16-10-9-14(4)18-17(16)11-15(5)19(21)20(18)22/h7,11,13-14,16,21-22H,6,8-10H2,1-5H3/t13?,14-,16+/m1/s1. The van der Waals surface area contributed by atoms with Gasteiger partial charge >= 0.3 is 0 Å². The van der Waals surface area contributed by atoms with E-state index >= 15 is 0 Å². The molecule has 2 N–H and O–H groups in total. The molecule has 1 aliphatic rings. The van der Waals surface area contributed by atoms with E-state index in [1.54, 1.807) is 0 Å². The molecule has 2 heteroatoms. The maximum Gasteiger partial charge on any atom is 0.161 e. The molecule has 1 aromatic carbocycles. The second-order valence-electron chi connectivity index (χ2n) is 7.31. The minimum Gasteiger partial charge on any atom is -0.504 e. The van der Waals surface area contributed by atoms with Crippen LogP contribution >= 0.6 is 0 Å². The first-order valence-corrected chi connectivity index (χ1v) is 8.51. The number of fused-ring (bicyclic) bond motifs is 1. The van der Waals surface area contributed by atoms with E-state index in [4.69, 9.17) is 0 Å². The molecule has 0 bridgehead atoms. The summed E-state index contributed by atoms with van der Waals surface area (Å²) in [4.78, 5) is 0. The van der Waals surface area contributed by atoms with Gasteiger partial charge in [0.1, 0.15) is 0 Å². The summed E-state index contributed by atoms with van der Waals surface area (Å²) in [5.41, 5.74) is 4.40. The summed E-state index contributed by atoms with van der Waals surface area (Å²) >= 11 is 0. The summed E-state index contributed by atoms with van der Waals surface area (Å²) in [7, 11) is 0. The molecule has 0 radical (unpaired) electrons. The lowest BCUT2D eigenvalue weighted by atomic mass is 9.70. The zero-order valence-electron chi connectivity index (χ0n) is 14.6. The van der Waals surface area contributed by atoms with Crippen molar-refractivity contribution in [3.8, 4) is 11.5 Å². The molecule has 1 aliphatic carbocycles. The monoisotopic (exact) mass is 302 g/mol. The molecule has 0 amide bonds. The largest absolute Gasteiger partial charge is 0.504 e. The third-order valence-corrected chi connectivity index (χ3v) is 5.20. The number of hydrogen-bond donors (Lipinski definition) is 2. The van der Waals surface area contributed by atoms with Crippen LogP contribution in [0.4, 0.5) is 0 Å². The number of aromatic hydroxyl groups is 2. The van der Waals surface area contributed by atoms with E-state index in [2.05, 4.69) is 39.8 Å². The Bertz CT molecular complexity index is 568. The Morgan fingerprint density at radius 1 is 1.27 bits per heavy atom. The van der Waals surface area contributed by atoms with E-state index in [0.29, 0.717) is 17.8 Å². The predicted molar refractivity (Wildman–Crippen MR) is 92.7 cm³/mol. The first-order chi connectivity index (χ1) is 10.3. The van der Waals surface area contributed by atoms with E-state index in [1.807, 2.05) is 6.92 Å². The maximum atomic E-state index is 10.4. The average molecular weight is 302 g/mol. The normalized spacial score (nSPS) is 22.0. The molecule has 1 unspecified atom stereocenters. The number of benzene rings is 1. The Morgan fingerprint density at radius 3 is 2.59 bits per heavy atom. The first kappa shape index (κ1) is 16.9. The van der Waals surface area contributed by atoms with Crippen molar-refractivity contribution < 1.29 is 10.2 Å². The Kier molecular flexibility index (Phi) is 5.20. The smallest absolute Gasteiger partial charge is 0.161 e. The van der Waals surface area contributed by atoms with Gasteiger partial charge in [-0.3, -0.25) is 0 Å². The summed E-state index contributed by atoms with van der Waals surface area (Å²) < 4.78 is 0. The molecular formula is C20H30O2. The van der Waals surface area contributed by atoms with Gasteiger partial charge in [-0.2, -0.15) is 0 Å². The molecule has 0 aliphatic heterocycles. The first-order valence-electron chi connectivity index (χ1n) is 8.51. The molecule has 0 aromatic heterocycles. The Labute approximate surface area is 134 Å². The van der Waals surface area contributed by atoms with Crippen molar-refractivity contribution >= 4 is 0 Å². The second kappa shape index (κ2) is 6.76. The highest BCUT2D eigenvalue weighted by Gasteiger charge is 2.32. The summed E-state index contributed by atoms with van der Waals surface area (Å²) in [6, 6.07) is 2.10. The fraction of sp³-hybridized carbons (Fsp3) is 0.600. The molecule has 0 spiro atoms. The van der Waals surface area contributed by atoms with Gasteiger partial charge in [0.15, 0.2) is 11.5 Å². The molecule has 3 atom stereocenters. The van der Waals surface area contributed by atoms with Gasteiger partial charge in [0.05, 0.1) is 0 Å². The van der Waals surface area contributed by atoms with Crippen molar-refractivity contribution in [1.29, 1.82) is 0 Å². The summed E-state index contributed by atoms with van der Waals surface area (Å²) in [5.74, 6) is 1.57. The predicted octanol–water partition coefficient (Wildman–Crippen LogP) is 5.77. The zero-order valence-corrected chi connectivity index (χ0v) is 14.6. The maximum absolute atomic E-state index is 10.4. The lowest BCUT2D eigenvalue weighted by Crippen LogP contribution is -2.19. The fourth-order valence-electron chi connectivity index (χ4n) is 3.81. The number of phenolic OH excluding ortho intramolecular Hbond substituents is 2. The van der Waals surface area contributed by atoms with Crippen LogP contribution in [-0.2, 0) is 0 Å². The van der Waals surface area contributed by atoms with Gasteiger partial charge in [0.2, 0.25) is 0 Å². The van der Waals surface area contributed by atoms with Crippen LogP contribution in [0.15, 0.2) is 17.7 Å². The molecule has 0 saturated carbocycles. The molecule has 0 fully saturated rings. The highest BCUT2D eigenvalue weighted by molar-refractivity contribution is 5.56. The number of aryl methyl sites for hydroxylation is 1. The summed E-state index contributed by atoms with van der Waals surface area (Å²) in [6.07, 6.45) is 6.86. The van der Waals surface area contributed by atoms with E-state index in [1.165, 1.54) is 24.0 Å². The van der Waals surface area contributed by atoms with Crippen molar-refractivity contribution in [3.63, 3.8) is 0 Å². The van der Waals surface area contributed by atoms with E-state index in [0.717, 1.165) is 24.0 Å². The minimum atomic E-state index is 0.0587. The fourth-order valence-corrected chi connectivity index (χ4v) is 3.81. The highest BCUT2D eigenvalue weighted by Crippen LogP contribution is 2.50. The van der Waals surface area contributed by atoms with Gasteiger partial charge in [-0.15, -0.1) is 0 Å². The topological polar surface area (TPSA) is 40.5 Å². The molecule has 2 rings (SSSR count). The molecule has 122 valence electrons. The van der Waals surface area contributed by atoms with E-state index in [9.17, 15) is 10.2 Å². The molecular weight excluding hydrogens is 272 g/mol. The van der Waals surface area contributed by atoms with Crippen molar-refractivity contribution in [1.82, 2.24) is 0 Å². The highest BCUT2D eigenvalue weighted by atomic mass is 16.3. The molecule has 1 aromatic rings. The average Bonchev–Trinajstić information content (AvgIpc) is 2.44. The van der Waals surface area contributed by atoms with E-state index < -0.39 is 0 Å².